The van der Waals surface area contributed by atoms with E-state index in [4.69, 9.17) is 9.52 Å². The lowest BCUT2D eigenvalue weighted by Crippen LogP contribution is -2.02. The molecular weight excluding hydrogens is 317 g/mol. The van der Waals surface area contributed by atoms with Crippen molar-refractivity contribution in [2.45, 2.75) is 13.5 Å². The molecule has 0 aliphatic carbocycles. The van der Waals surface area contributed by atoms with Crippen LogP contribution in [0, 0.1) is 12.7 Å². The number of benzene rings is 1. The maximum atomic E-state index is 13.6. The van der Waals surface area contributed by atoms with E-state index < -0.39 is 5.97 Å². The van der Waals surface area contributed by atoms with Crippen molar-refractivity contribution in [3.05, 3.63) is 51.6 Å². The van der Waals surface area contributed by atoms with Gasteiger partial charge in [-0.3, -0.25) is 0 Å². The fraction of sp³-hybridized carbons (Fsp3) is 0.154. The number of halogens is 2. The first-order valence-electron chi connectivity index (χ1n) is 5.49. The lowest BCUT2D eigenvalue weighted by atomic mass is 10.2. The number of carboxylic acid groups (broad SMARTS) is 1. The van der Waals surface area contributed by atoms with Crippen molar-refractivity contribution in [2.24, 2.45) is 0 Å². The Morgan fingerprint density at radius 1 is 1.53 bits per heavy atom. The minimum absolute atomic E-state index is 0.123. The molecule has 0 amide bonds. The fourth-order valence-electron chi connectivity index (χ4n) is 1.65. The van der Waals surface area contributed by atoms with Gasteiger partial charge in [-0.1, -0.05) is 6.07 Å². The summed E-state index contributed by atoms with van der Waals surface area (Å²) in [6.45, 7) is 1.95. The molecule has 2 aromatic rings. The molecule has 0 saturated carbocycles. The Morgan fingerprint density at radius 3 is 2.84 bits per heavy atom. The van der Waals surface area contributed by atoms with Gasteiger partial charge in [0.05, 0.1) is 5.69 Å². The number of furan rings is 1. The first kappa shape index (κ1) is 13.6. The van der Waals surface area contributed by atoms with E-state index in [0.29, 0.717) is 21.5 Å². The quantitative estimate of drug-likeness (QED) is 0.896. The SMILES string of the molecule is Cc1oc(C(=O)O)cc1CNc1c(F)cccc1Br. The van der Waals surface area contributed by atoms with Crippen LogP contribution in [-0.4, -0.2) is 11.1 Å². The smallest absolute Gasteiger partial charge is 0.371 e. The lowest BCUT2D eigenvalue weighted by Gasteiger charge is -2.08. The summed E-state index contributed by atoms with van der Waals surface area (Å²) in [6, 6.07) is 6.09. The zero-order valence-electron chi connectivity index (χ0n) is 10.0. The first-order valence-corrected chi connectivity index (χ1v) is 6.29. The first-order chi connectivity index (χ1) is 8.99. The summed E-state index contributed by atoms with van der Waals surface area (Å²) in [5.74, 6) is -1.13. The minimum Gasteiger partial charge on any atom is -0.475 e. The number of aromatic carboxylic acids is 1. The Morgan fingerprint density at radius 2 is 2.26 bits per heavy atom. The molecule has 4 nitrogen and oxygen atoms in total. The summed E-state index contributed by atoms with van der Waals surface area (Å²) in [5, 5.41) is 11.7. The second-order valence-corrected chi connectivity index (χ2v) is 4.80. The van der Waals surface area contributed by atoms with Gasteiger partial charge in [0, 0.05) is 16.6 Å². The molecule has 2 N–H and O–H groups in total. The van der Waals surface area contributed by atoms with Crippen LogP contribution in [0.4, 0.5) is 10.1 Å². The third-order valence-corrected chi connectivity index (χ3v) is 3.31. The average Bonchev–Trinajstić information content (AvgIpc) is 2.70. The average molecular weight is 328 g/mol. The van der Waals surface area contributed by atoms with E-state index in [1.165, 1.54) is 12.1 Å². The van der Waals surface area contributed by atoms with Crippen molar-refractivity contribution in [3.8, 4) is 0 Å². The number of hydrogen-bond donors (Lipinski definition) is 2. The summed E-state index contributed by atoms with van der Waals surface area (Å²) >= 11 is 3.25. The highest BCUT2D eigenvalue weighted by Gasteiger charge is 2.14. The molecule has 0 atom stereocenters. The maximum absolute atomic E-state index is 13.6. The Hall–Kier alpha value is -1.82. The number of hydrogen-bond acceptors (Lipinski definition) is 3. The molecular formula is C13H11BrFNO3. The van der Waals surface area contributed by atoms with E-state index in [2.05, 4.69) is 21.2 Å². The molecule has 0 aliphatic heterocycles. The molecule has 0 bridgehead atoms. The van der Waals surface area contributed by atoms with Gasteiger partial charge in [0.1, 0.15) is 11.6 Å². The topological polar surface area (TPSA) is 62.5 Å². The highest BCUT2D eigenvalue weighted by molar-refractivity contribution is 9.10. The van der Waals surface area contributed by atoms with Gasteiger partial charge in [0.25, 0.3) is 0 Å². The van der Waals surface area contributed by atoms with Crippen LogP contribution in [0.5, 0.6) is 0 Å². The van der Waals surface area contributed by atoms with Crippen molar-refractivity contribution >= 4 is 27.6 Å². The van der Waals surface area contributed by atoms with Gasteiger partial charge >= 0.3 is 5.97 Å². The Bertz CT molecular complexity index is 604. The Labute approximate surface area is 117 Å². The van der Waals surface area contributed by atoms with Gasteiger partial charge in [-0.15, -0.1) is 0 Å². The predicted molar refractivity (Wildman–Crippen MR) is 71.8 cm³/mol. The molecule has 100 valence electrons. The Balaban J connectivity index is 2.17. The molecule has 1 heterocycles. The predicted octanol–water partition coefficient (Wildman–Crippen LogP) is 3.80. The van der Waals surface area contributed by atoms with Crippen LogP contribution >= 0.6 is 15.9 Å². The van der Waals surface area contributed by atoms with E-state index >= 15 is 0 Å². The van der Waals surface area contributed by atoms with Crippen LogP contribution in [0.15, 0.2) is 33.2 Å². The summed E-state index contributed by atoms with van der Waals surface area (Å²) in [5.41, 5.74) is 1.01. The largest absolute Gasteiger partial charge is 0.475 e. The molecule has 0 aliphatic rings. The van der Waals surface area contributed by atoms with Crippen molar-refractivity contribution in [1.82, 2.24) is 0 Å². The molecule has 0 fully saturated rings. The molecule has 1 aromatic carbocycles. The molecule has 1 aromatic heterocycles. The van der Waals surface area contributed by atoms with Crippen LogP contribution in [0.3, 0.4) is 0 Å². The number of aryl methyl sites for hydroxylation is 1. The summed E-state index contributed by atoms with van der Waals surface area (Å²) in [4.78, 5) is 10.8. The van der Waals surface area contributed by atoms with E-state index in [-0.39, 0.29) is 18.1 Å². The van der Waals surface area contributed by atoms with Gasteiger partial charge in [0.2, 0.25) is 5.76 Å². The lowest BCUT2D eigenvalue weighted by molar-refractivity contribution is 0.0661. The van der Waals surface area contributed by atoms with Crippen molar-refractivity contribution in [1.29, 1.82) is 0 Å². The molecule has 2 rings (SSSR count). The number of carbonyl (C=O) groups is 1. The zero-order valence-corrected chi connectivity index (χ0v) is 11.6. The zero-order chi connectivity index (χ0) is 14.0. The second-order valence-electron chi connectivity index (χ2n) is 3.95. The summed E-state index contributed by atoms with van der Waals surface area (Å²) < 4.78 is 19.3. The van der Waals surface area contributed by atoms with Crippen LogP contribution in [0.1, 0.15) is 21.9 Å². The highest BCUT2D eigenvalue weighted by Crippen LogP contribution is 2.26. The monoisotopic (exact) mass is 327 g/mol. The highest BCUT2D eigenvalue weighted by atomic mass is 79.9. The third-order valence-electron chi connectivity index (χ3n) is 2.65. The van der Waals surface area contributed by atoms with Crippen LogP contribution in [0.25, 0.3) is 0 Å². The number of rotatable bonds is 4. The maximum Gasteiger partial charge on any atom is 0.371 e. The number of anilines is 1. The molecule has 0 saturated heterocycles. The Kier molecular flexibility index (Phi) is 3.90. The number of carboxylic acids is 1. The van der Waals surface area contributed by atoms with Crippen LogP contribution < -0.4 is 5.32 Å². The van der Waals surface area contributed by atoms with E-state index in [1.807, 2.05) is 0 Å². The normalized spacial score (nSPS) is 10.5. The van der Waals surface area contributed by atoms with Crippen LogP contribution in [0.2, 0.25) is 0 Å². The second kappa shape index (κ2) is 5.44. The van der Waals surface area contributed by atoms with Gasteiger partial charge in [-0.2, -0.15) is 0 Å². The van der Waals surface area contributed by atoms with Crippen molar-refractivity contribution < 1.29 is 18.7 Å². The minimum atomic E-state index is -1.12. The fourth-order valence-corrected chi connectivity index (χ4v) is 2.13. The number of para-hydroxylation sites is 1. The molecule has 0 radical (unpaired) electrons. The van der Waals surface area contributed by atoms with Crippen molar-refractivity contribution in [3.63, 3.8) is 0 Å². The molecule has 19 heavy (non-hydrogen) atoms. The van der Waals surface area contributed by atoms with Gasteiger partial charge in [0.15, 0.2) is 0 Å². The van der Waals surface area contributed by atoms with Gasteiger partial charge < -0.3 is 14.8 Å². The van der Waals surface area contributed by atoms with E-state index in [0.717, 1.165) is 0 Å². The molecule has 6 heteroatoms. The standard InChI is InChI=1S/C13H11BrFNO3/c1-7-8(5-11(19-7)13(17)18)6-16-12-9(14)3-2-4-10(12)15/h2-5,16H,6H2,1H3,(H,17,18). The third kappa shape index (κ3) is 2.96. The van der Waals surface area contributed by atoms with E-state index in [1.54, 1.807) is 19.1 Å². The van der Waals surface area contributed by atoms with Gasteiger partial charge in [-0.05, 0) is 41.1 Å². The summed E-state index contributed by atoms with van der Waals surface area (Å²) in [6.07, 6.45) is 0. The van der Waals surface area contributed by atoms with Crippen molar-refractivity contribution in [2.75, 3.05) is 5.32 Å². The summed E-state index contributed by atoms with van der Waals surface area (Å²) in [7, 11) is 0. The number of nitrogens with one attached hydrogen (secondary N) is 1. The van der Waals surface area contributed by atoms with E-state index in [9.17, 15) is 9.18 Å². The molecule has 0 spiro atoms. The molecule has 0 unspecified atom stereocenters. The van der Waals surface area contributed by atoms with Crippen LogP contribution in [-0.2, 0) is 6.54 Å². The van der Waals surface area contributed by atoms with Gasteiger partial charge in [-0.25, -0.2) is 9.18 Å².